The molecule has 1 unspecified atom stereocenters. The number of nitriles is 1. The van der Waals surface area contributed by atoms with Crippen molar-refractivity contribution in [2.75, 3.05) is 11.4 Å². The van der Waals surface area contributed by atoms with Crippen LogP contribution in [0.3, 0.4) is 0 Å². The van der Waals surface area contributed by atoms with E-state index >= 15 is 0 Å². The molecule has 1 aliphatic heterocycles. The summed E-state index contributed by atoms with van der Waals surface area (Å²) in [7, 11) is 0. The van der Waals surface area contributed by atoms with Crippen LogP contribution in [0.5, 0.6) is 0 Å². The number of rotatable bonds is 1. The SMILES string of the molecule is CC(C#N)N1CCCc2ccccc21. The molecule has 72 valence electrons. The highest BCUT2D eigenvalue weighted by Crippen LogP contribution is 2.27. The van der Waals surface area contributed by atoms with E-state index in [-0.39, 0.29) is 6.04 Å². The van der Waals surface area contributed by atoms with Crippen molar-refractivity contribution in [2.45, 2.75) is 25.8 Å². The molecular formula is C12H14N2. The normalized spacial score (nSPS) is 17.0. The quantitative estimate of drug-likeness (QED) is 0.673. The Morgan fingerprint density at radius 3 is 3.00 bits per heavy atom. The number of para-hydroxylation sites is 1. The van der Waals surface area contributed by atoms with Crippen LogP contribution in [0.1, 0.15) is 18.9 Å². The molecular weight excluding hydrogens is 172 g/mol. The molecule has 14 heavy (non-hydrogen) atoms. The van der Waals surface area contributed by atoms with E-state index in [0.29, 0.717) is 0 Å². The van der Waals surface area contributed by atoms with Crippen molar-refractivity contribution in [2.24, 2.45) is 0 Å². The van der Waals surface area contributed by atoms with Gasteiger partial charge in [0, 0.05) is 12.2 Å². The van der Waals surface area contributed by atoms with Gasteiger partial charge in [0.15, 0.2) is 0 Å². The van der Waals surface area contributed by atoms with Crippen LogP contribution < -0.4 is 4.90 Å². The number of nitrogens with zero attached hydrogens (tertiary/aromatic N) is 2. The van der Waals surface area contributed by atoms with Gasteiger partial charge in [-0.3, -0.25) is 0 Å². The minimum absolute atomic E-state index is 0.0172. The van der Waals surface area contributed by atoms with Crippen LogP contribution in [-0.4, -0.2) is 12.6 Å². The standard InChI is InChI=1S/C12H14N2/c1-10(9-13)14-8-4-6-11-5-2-3-7-12(11)14/h2-3,5,7,10H,4,6,8H2,1H3. The average molecular weight is 186 g/mol. The van der Waals surface area contributed by atoms with Crippen LogP contribution in [0.15, 0.2) is 24.3 Å². The van der Waals surface area contributed by atoms with Crippen molar-refractivity contribution in [1.82, 2.24) is 0 Å². The molecule has 0 aliphatic carbocycles. The number of hydrogen-bond donors (Lipinski definition) is 0. The number of aryl methyl sites for hydroxylation is 1. The van der Waals surface area contributed by atoms with Gasteiger partial charge in [0.05, 0.1) is 6.07 Å². The van der Waals surface area contributed by atoms with Crippen molar-refractivity contribution in [3.05, 3.63) is 29.8 Å². The van der Waals surface area contributed by atoms with Crippen LogP contribution in [-0.2, 0) is 6.42 Å². The first-order valence-corrected chi connectivity index (χ1v) is 5.07. The van der Waals surface area contributed by atoms with E-state index in [0.717, 1.165) is 19.4 Å². The molecule has 0 bridgehead atoms. The predicted octanol–water partition coefficient (Wildman–Crippen LogP) is 2.35. The second-order valence-corrected chi connectivity index (χ2v) is 3.73. The molecule has 1 aromatic rings. The van der Waals surface area contributed by atoms with Crippen LogP contribution in [0.2, 0.25) is 0 Å². The lowest BCUT2D eigenvalue weighted by Crippen LogP contribution is -2.36. The van der Waals surface area contributed by atoms with Gasteiger partial charge < -0.3 is 4.90 Å². The second-order valence-electron chi connectivity index (χ2n) is 3.73. The molecule has 0 fully saturated rings. The highest BCUT2D eigenvalue weighted by Gasteiger charge is 2.20. The first-order chi connectivity index (χ1) is 6.83. The summed E-state index contributed by atoms with van der Waals surface area (Å²) in [5, 5.41) is 8.92. The molecule has 0 spiro atoms. The number of anilines is 1. The Balaban J connectivity index is 2.36. The smallest absolute Gasteiger partial charge is 0.114 e. The zero-order valence-electron chi connectivity index (χ0n) is 8.40. The van der Waals surface area contributed by atoms with Gasteiger partial charge in [-0.1, -0.05) is 18.2 Å². The van der Waals surface area contributed by atoms with Crippen molar-refractivity contribution >= 4 is 5.69 Å². The third kappa shape index (κ3) is 1.46. The fraction of sp³-hybridized carbons (Fsp3) is 0.417. The second kappa shape index (κ2) is 3.71. The van der Waals surface area contributed by atoms with Gasteiger partial charge in [-0.05, 0) is 31.4 Å². The molecule has 1 atom stereocenters. The fourth-order valence-corrected chi connectivity index (χ4v) is 2.03. The Bertz CT molecular complexity index is 365. The van der Waals surface area contributed by atoms with Crippen LogP contribution >= 0.6 is 0 Å². The fourth-order valence-electron chi connectivity index (χ4n) is 2.03. The largest absolute Gasteiger partial charge is 0.356 e. The first kappa shape index (κ1) is 9.08. The summed E-state index contributed by atoms with van der Waals surface area (Å²) in [6.07, 6.45) is 2.30. The van der Waals surface area contributed by atoms with Gasteiger partial charge in [0.25, 0.3) is 0 Å². The third-order valence-corrected chi connectivity index (χ3v) is 2.80. The topological polar surface area (TPSA) is 27.0 Å². The monoisotopic (exact) mass is 186 g/mol. The number of hydrogen-bond acceptors (Lipinski definition) is 2. The lowest BCUT2D eigenvalue weighted by molar-refractivity contribution is 0.662. The molecule has 0 saturated heterocycles. The van der Waals surface area contributed by atoms with Gasteiger partial charge in [-0.15, -0.1) is 0 Å². The predicted molar refractivity (Wildman–Crippen MR) is 57.2 cm³/mol. The minimum Gasteiger partial charge on any atom is -0.356 e. The van der Waals surface area contributed by atoms with Crippen LogP contribution in [0.4, 0.5) is 5.69 Å². The van der Waals surface area contributed by atoms with Crippen molar-refractivity contribution in [3.63, 3.8) is 0 Å². The van der Waals surface area contributed by atoms with Gasteiger partial charge in [0.1, 0.15) is 6.04 Å². The molecule has 1 aromatic carbocycles. The van der Waals surface area contributed by atoms with E-state index in [1.807, 2.05) is 13.0 Å². The molecule has 2 heteroatoms. The van der Waals surface area contributed by atoms with E-state index in [2.05, 4.69) is 29.2 Å². The molecule has 1 aliphatic rings. The highest BCUT2D eigenvalue weighted by atomic mass is 15.2. The van der Waals surface area contributed by atoms with Gasteiger partial charge >= 0.3 is 0 Å². The Morgan fingerprint density at radius 2 is 2.21 bits per heavy atom. The summed E-state index contributed by atoms with van der Waals surface area (Å²) < 4.78 is 0. The first-order valence-electron chi connectivity index (χ1n) is 5.07. The van der Waals surface area contributed by atoms with E-state index in [1.54, 1.807) is 0 Å². The molecule has 0 saturated carbocycles. The summed E-state index contributed by atoms with van der Waals surface area (Å²) >= 11 is 0. The maximum atomic E-state index is 8.92. The molecule has 0 radical (unpaired) electrons. The number of benzene rings is 1. The summed E-state index contributed by atoms with van der Waals surface area (Å²) in [4.78, 5) is 2.19. The molecule has 1 heterocycles. The van der Waals surface area contributed by atoms with E-state index in [1.165, 1.54) is 11.3 Å². The Hall–Kier alpha value is -1.49. The average Bonchev–Trinajstić information content (AvgIpc) is 2.27. The van der Waals surface area contributed by atoms with Crippen LogP contribution in [0, 0.1) is 11.3 Å². The molecule has 2 nitrogen and oxygen atoms in total. The van der Waals surface area contributed by atoms with E-state index < -0.39 is 0 Å². The third-order valence-electron chi connectivity index (χ3n) is 2.80. The zero-order chi connectivity index (χ0) is 9.97. The maximum Gasteiger partial charge on any atom is 0.114 e. The maximum absolute atomic E-state index is 8.92. The Morgan fingerprint density at radius 1 is 1.43 bits per heavy atom. The molecule has 0 N–H and O–H groups in total. The number of fused-ring (bicyclic) bond motifs is 1. The Kier molecular flexibility index (Phi) is 2.41. The zero-order valence-corrected chi connectivity index (χ0v) is 8.40. The van der Waals surface area contributed by atoms with Crippen molar-refractivity contribution in [3.8, 4) is 6.07 Å². The van der Waals surface area contributed by atoms with Crippen molar-refractivity contribution in [1.29, 1.82) is 5.26 Å². The molecule has 0 aromatic heterocycles. The summed E-state index contributed by atoms with van der Waals surface area (Å²) in [5.74, 6) is 0. The summed E-state index contributed by atoms with van der Waals surface area (Å²) in [5.41, 5.74) is 2.62. The molecule has 0 amide bonds. The van der Waals surface area contributed by atoms with Gasteiger partial charge in [-0.2, -0.15) is 5.26 Å². The highest BCUT2D eigenvalue weighted by molar-refractivity contribution is 5.56. The Labute approximate surface area is 84.8 Å². The lowest BCUT2D eigenvalue weighted by atomic mass is 10.0. The van der Waals surface area contributed by atoms with Crippen LogP contribution in [0.25, 0.3) is 0 Å². The minimum atomic E-state index is -0.0172. The van der Waals surface area contributed by atoms with Gasteiger partial charge in [-0.25, -0.2) is 0 Å². The van der Waals surface area contributed by atoms with Crippen molar-refractivity contribution < 1.29 is 0 Å². The summed E-state index contributed by atoms with van der Waals surface area (Å²) in [6, 6.07) is 10.7. The van der Waals surface area contributed by atoms with E-state index in [4.69, 9.17) is 5.26 Å². The van der Waals surface area contributed by atoms with E-state index in [9.17, 15) is 0 Å². The molecule has 2 rings (SSSR count). The summed E-state index contributed by atoms with van der Waals surface area (Å²) in [6.45, 7) is 2.97. The van der Waals surface area contributed by atoms with Gasteiger partial charge in [0.2, 0.25) is 0 Å². The lowest BCUT2D eigenvalue weighted by Gasteiger charge is -2.33.